The number of benzene rings is 2. The number of hydrogen-bond acceptors (Lipinski definition) is 1. The molecule has 0 spiro atoms. The second-order valence-corrected chi connectivity index (χ2v) is 4.43. The quantitative estimate of drug-likeness (QED) is 0.689. The number of aromatic amines is 1. The summed E-state index contributed by atoms with van der Waals surface area (Å²) in [5.74, 6) is -0.0863. The van der Waals surface area contributed by atoms with Gasteiger partial charge in [-0.3, -0.25) is 4.79 Å². The predicted octanol–water partition coefficient (Wildman–Crippen LogP) is 4.05. The van der Waals surface area contributed by atoms with E-state index in [1.165, 1.54) is 0 Å². The molecule has 0 aliphatic heterocycles. The standard InChI is InChI=1S/C15H10ClNO/c16-13-11-8-4-5-9-12(11)17-14(13)15(18)10-6-2-1-3-7-10/h1-9,17H. The van der Waals surface area contributed by atoms with Crippen molar-refractivity contribution in [3.8, 4) is 0 Å². The van der Waals surface area contributed by atoms with Crippen LogP contribution < -0.4 is 0 Å². The third kappa shape index (κ3) is 1.71. The molecule has 0 unspecified atom stereocenters. The van der Waals surface area contributed by atoms with Gasteiger partial charge in [0.25, 0.3) is 0 Å². The highest BCUT2D eigenvalue weighted by molar-refractivity contribution is 6.39. The minimum Gasteiger partial charge on any atom is -0.351 e. The maximum Gasteiger partial charge on any atom is 0.210 e. The molecular formula is C15H10ClNO. The van der Waals surface area contributed by atoms with Crippen LogP contribution in [0, 0.1) is 0 Å². The number of aromatic nitrogens is 1. The third-order valence-electron chi connectivity index (χ3n) is 2.91. The third-order valence-corrected chi connectivity index (χ3v) is 3.30. The first-order chi connectivity index (χ1) is 8.77. The van der Waals surface area contributed by atoms with Crippen molar-refractivity contribution in [1.82, 2.24) is 4.98 Å². The average molecular weight is 256 g/mol. The molecule has 1 heterocycles. The zero-order valence-corrected chi connectivity index (χ0v) is 10.2. The van der Waals surface area contributed by atoms with E-state index in [1.54, 1.807) is 12.1 Å². The molecule has 88 valence electrons. The van der Waals surface area contributed by atoms with Crippen LogP contribution in [-0.4, -0.2) is 10.8 Å². The Balaban J connectivity index is 2.15. The molecule has 3 heteroatoms. The van der Waals surface area contributed by atoms with Crippen molar-refractivity contribution in [2.45, 2.75) is 0 Å². The lowest BCUT2D eigenvalue weighted by Gasteiger charge is -1.98. The van der Waals surface area contributed by atoms with Gasteiger partial charge >= 0.3 is 0 Å². The lowest BCUT2D eigenvalue weighted by Crippen LogP contribution is -2.01. The van der Waals surface area contributed by atoms with Crippen molar-refractivity contribution in [2.75, 3.05) is 0 Å². The number of fused-ring (bicyclic) bond motifs is 1. The molecule has 0 saturated heterocycles. The van der Waals surface area contributed by atoms with E-state index in [4.69, 9.17) is 11.6 Å². The molecule has 0 bridgehead atoms. The first kappa shape index (κ1) is 11.1. The zero-order valence-electron chi connectivity index (χ0n) is 9.48. The van der Waals surface area contributed by atoms with E-state index >= 15 is 0 Å². The van der Waals surface area contributed by atoms with Crippen molar-refractivity contribution in [3.63, 3.8) is 0 Å². The fourth-order valence-corrected chi connectivity index (χ4v) is 2.30. The van der Waals surface area contributed by atoms with E-state index in [-0.39, 0.29) is 5.78 Å². The van der Waals surface area contributed by atoms with Crippen LogP contribution in [0.4, 0.5) is 0 Å². The van der Waals surface area contributed by atoms with Crippen molar-refractivity contribution >= 4 is 28.3 Å². The number of carbonyl (C=O) groups is 1. The molecule has 1 aromatic heterocycles. The van der Waals surface area contributed by atoms with E-state index in [0.29, 0.717) is 16.3 Å². The van der Waals surface area contributed by atoms with E-state index < -0.39 is 0 Å². The number of para-hydroxylation sites is 1. The van der Waals surface area contributed by atoms with Crippen LogP contribution >= 0.6 is 11.6 Å². The molecule has 0 saturated carbocycles. The summed E-state index contributed by atoms with van der Waals surface area (Å²) in [5, 5.41) is 1.36. The summed E-state index contributed by atoms with van der Waals surface area (Å²) < 4.78 is 0. The van der Waals surface area contributed by atoms with Gasteiger partial charge in [-0.25, -0.2) is 0 Å². The smallest absolute Gasteiger partial charge is 0.210 e. The van der Waals surface area contributed by atoms with Gasteiger partial charge in [-0.1, -0.05) is 60.1 Å². The Morgan fingerprint density at radius 1 is 0.944 bits per heavy atom. The van der Waals surface area contributed by atoms with Crippen LogP contribution in [0.3, 0.4) is 0 Å². The molecule has 3 aromatic rings. The monoisotopic (exact) mass is 255 g/mol. The SMILES string of the molecule is O=C(c1ccccc1)c1[nH]c2ccccc2c1Cl. The van der Waals surface area contributed by atoms with Gasteiger partial charge in [-0.2, -0.15) is 0 Å². The summed E-state index contributed by atoms with van der Waals surface area (Å²) in [4.78, 5) is 15.4. The van der Waals surface area contributed by atoms with Crippen LogP contribution in [0.5, 0.6) is 0 Å². The number of ketones is 1. The van der Waals surface area contributed by atoms with E-state index in [9.17, 15) is 4.79 Å². The largest absolute Gasteiger partial charge is 0.351 e. The van der Waals surface area contributed by atoms with E-state index in [1.807, 2.05) is 42.5 Å². The normalized spacial score (nSPS) is 10.7. The summed E-state index contributed by atoms with van der Waals surface area (Å²) >= 11 is 6.25. The Hall–Kier alpha value is -2.06. The Morgan fingerprint density at radius 2 is 1.61 bits per heavy atom. The molecule has 18 heavy (non-hydrogen) atoms. The molecular weight excluding hydrogens is 246 g/mol. The zero-order chi connectivity index (χ0) is 12.5. The van der Waals surface area contributed by atoms with Crippen LogP contribution in [0.15, 0.2) is 54.6 Å². The molecule has 3 rings (SSSR count). The summed E-state index contributed by atoms with van der Waals surface area (Å²) in [5.41, 5.74) is 1.96. The van der Waals surface area contributed by atoms with Crippen LogP contribution in [0.1, 0.15) is 16.1 Å². The average Bonchev–Trinajstić information content (AvgIpc) is 2.77. The van der Waals surface area contributed by atoms with Gasteiger partial charge in [0.05, 0.1) is 5.02 Å². The number of nitrogens with one attached hydrogen (secondary N) is 1. The summed E-state index contributed by atoms with van der Waals surface area (Å²) in [6.07, 6.45) is 0. The summed E-state index contributed by atoms with van der Waals surface area (Å²) in [7, 11) is 0. The highest BCUT2D eigenvalue weighted by atomic mass is 35.5. The number of carbonyl (C=O) groups excluding carboxylic acids is 1. The fourth-order valence-electron chi connectivity index (χ4n) is 2.00. The second-order valence-electron chi connectivity index (χ2n) is 4.05. The molecule has 0 aliphatic rings. The fraction of sp³-hybridized carbons (Fsp3) is 0. The van der Waals surface area contributed by atoms with Crippen LogP contribution in [0.2, 0.25) is 5.02 Å². The Morgan fingerprint density at radius 3 is 2.33 bits per heavy atom. The summed E-state index contributed by atoms with van der Waals surface area (Å²) in [6.45, 7) is 0. The topological polar surface area (TPSA) is 32.9 Å². The first-order valence-corrected chi connectivity index (χ1v) is 6.01. The van der Waals surface area contributed by atoms with Gasteiger partial charge in [0.15, 0.2) is 0 Å². The highest BCUT2D eigenvalue weighted by Crippen LogP contribution is 2.28. The van der Waals surface area contributed by atoms with Gasteiger partial charge in [0.1, 0.15) is 5.69 Å². The molecule has 0 aliphatic carbocycles. The molecule has 1 N–H and O–H groups in total. The molecule has 2 aromatic carbocycles. The lowest BCUT2D eigenvalue weighted by atomic mass is 10.1. The van der Waals surface area contributed by atoms with Gasteiger partial charge in [-0.15, -0.1) is 0 Å². The molecule has 0 amide bonds. The minimum absolute atomic E-state index is 0.0863. The Labute approximate surface area is 109 Å². The number of hydrogen-bond donors (Lipinski definition) is 1. The van der Waals surface area contributed by atoms with Gasteiger partial charge in [0, 0.05) is 16.5 Å². The Kier molecular flexibility index (Phi) is 2.65. The minimum atomic E-state index is -0.0863. The van der Waals surface area contributed by atoms with Crippen molar-refractivity contribution in [1.29, 1.82) is 0 Å². The molecule has 0 atom stereocenters. The predicted molar refractivity (Wildman–Crippen MR) is 73.2 cm³/mol. The van der Waals surface area contributed by atoms with Crippen LogP contribution in [-0.2, 0) is 0 Å². The van der Waals surface area contributed by atoms with Gasteiger partial charge in [-0.05, 0) is 6.07 Å². The Bertz CT molecular complexity index is 716. The molecule has 0 radical (unpaired) electrons. The molecule has 0 fully saturated rings. The maximum absolute atomic E-state index is 12.3. The number of H-pyrrole nitrogens is 1. The number of halogens is 1. The highest BCUT2D eigenvalue weighted by Gasteiger charge is 2.17. The van der Waals surface area contributed by atoms with Crippen molar-refractivity contribution < 1.29 is 4.79 Å². The summed E-state index contributed by atoms with van der Waals surface area (Å²) in [6, 6.07) is 16.7. The van der Waals surface area contributed by atoms with E-state index in [2.05, 4.69) is 4.98 Å². The molecule has 2 nitrogen and oxygen atoms in total. The second kappa shape index (κ2) is 4.31. The number of rotatable bonds is 2. The van der Waals surface area contributed by atoms with E-state index in [0.717, 1.165) is 10.9 Å². The van der Waals surface area contributed by atoms with Crippen molar-refractivity contribution in [2.24, 2.45) is 0 Å². The van der Waals surface area contributed by atoms with Gasteiger partial charge in [0.2, 0.25) is 5.78 Å². The maximum atomic E-state index is 12.3. The van der Waals surface area contributed by atoms with Crippen molar-refractivity contribution in [3.05, 3.63) is 70.9 Å². The first-order valence-electron chi connectivity index (χ1n) is 5.63. The van der Waals surface area contributed by atoms with Gasteiger partial charge < -0.3 is 4.98 Å². The lowest BCUT2D eigenvalue weighted by molar-refractivity contribution is 0.103. The van der Waals surface area contributed by atoms with Crippen LogP contribution in [0.25, 0.3) is 10.9 Å².